The maximum Gasteiger partial charge on any atom is 0.244 e. The van der Waals surface area contributed by atoms with Crippen molar-refractivity contribution in [3.05, 3.63) is 65.1 Å². The lowest BCUT2D eigenvalue weighted by molar-refractivity contribution is -0.116. The first kappa shape index (κ1) is 14.6. The predicted octanol–water partition coefficient (Wildman–Crippen LogP) is 4.38. The van der Waals surface area contributed by atoms with Gasteiger partial charge in [0.15, 0.2) is 0 Å². The van der Waals surface area contributed by atoms with Gasteiger partial charge in [-0.25, -0.2) is 4.39 Å². The maximum absolute atomic E-state index is 13.2. The summed E-state index contributed by atoms with van der Waals surface area (Å²) in [5.74, 6) is -0.432. The Morgan fingerprint density at radius 3 is 2.82 bits per heavy atom. The molecule has 0 atom stereocenters. The number of benzene rings is 2. The number of rotatable bonds is 3. The zero-order valence-electron chi connectivity index (χ0n) is 11.9. The van der Waals surface area contributed by atoms with Gasteiger partial charge in [-0.1, -0.05) is 11.6 Å². The summed E-state index contributed by atoms with van der Waals surface area (Å²) in [6.07, 6.45) is 1.78. The van der Waals surface area contributed by atoms with Crippen LogP contribution in [0.4, 0.5) is 10.1 Å². The fourth-order valence-corrected chi connectivity index (χ4v) is 2.65. The van der Waals surface area contributed by atoms with Gasteiger partial charge in [-0.2, -0.15) is 0 Å². The van der Waals surface area contributed by atoms with Crippen LogP contribution in [-0.4, -0.2) is 10.5 Å². The van der Waals surface area contributed by atoms with Gasteiger partial charge >= 0.3 is 0 Å². The van der Waals surface area contributed by atoms with Gasteiger partial charge in [0.2, 0.25) is 5.91 Å². The number of anilines is 1. The molecule has 0 aliphatic rings. The zero-order valence-corrected chi connectivity index (χ0v) is 12.7. The van der Waals surface area contributed by atoms with Crippen LogP contribution in [-0.2, 0) is 11.3 Å². The van der Waals surface area contributed by atoms with Gasteiger partial charge < -0.3 is 9.88 Å². The molecule has 1 N–H and O–H groups in total. The van der Waals surface area contributed by atoms with E-state index in [1.54, 1.807) is 41.1 Å². The summed E-state index contributed by atoms with van der Waals surface area (Å²) in [7, 11) is 0. The first-order valence-electron chi connectivity index (χ1n) is 6.83. The third-order valence-corrected chi connectivity index (χ3v) is 3.74. The summed E-state index contributed by atoms with van der Waals surface area (Å²) in [5.41, 5.74) is 2.46. The van der Waals surface area contributed by atoms with Crippen molar-refractivity contribution < 1.29 is 9.18 Å². The standard InChI is InChI=1S/C17H14ClFN2O/c1-11-8-13(18)2-4-15(11)20-17(22)10-21-7-6-12-9-14(19)3-5-16(12)21/h2-9H,10H2,1H3,(H,20,22). The molecule has 3 aromatic rings. The van der Waals surface area contributed by atoms with E-state index in [-0.39, 0.29) is 18.3 Å². The van der Waals surface area contributed by atoms with Gasteiger partial charge in [0.05, 0.1) is 0 Å². The highest BCUT2D eigenvalue weighted by Crippen LogP contribution is 2.20. The Hall–Kier alpha value is -2.33. The Bertz CT molecular complexity index is 857. The molecule has 0 fully saturated rings. The van der Waals surface area contributed by atoms with E-state index in [1.807, 2.05) is 6.92 Å². The summed E-state index contributed by atoms with van der Waals surface area (Å²) in [6, 6.07) is 11.6. The van der Waals surface area contributed by atoms with Crippen molar-refractivity contribution in [2.75, 3.05) is 5.32 Å². The third-order valence-electron chi connectivity index (χ3n) is 3.51. The second-order valence-electron chi connectivity index (χ2n) is 5.15. The molecule has 5 heteroatoms. The molecule has 0 saturated carbocycles. The molecule has 2 aromatic carbocycles. The minimum Gasteiger partial charge on any atom is -0.338 e. The molecule has 0 aliphatic carbocycles. The van der Waals surface area contributed by atoms with E-state index >= 15 is 0 Å². The summed E-state index contributed by atoms with van der Waals surface area (Å²) in [6.45, 7) is 2.05. The number of nitrogens with zero attached hydrogens (tertiary/aromatic N) is 1. The van der Waals surface area contributed by atoms with Crippen molar-refractivity contribution in [2.45, 2.75) is 13.5 Å². The first-order chi connectivity index (χ1) is 10.5. The van der Waals surface area contributed by atoms with Crippen LogP contribution >= 0.6 is 11.6 Å². The SMILES string of the molecule is Cc1cc(Cl)ccc1NC(=O)Cn1ccc2cc(F)ccc21. The molecule has 0 bridgehead atoms. The highest BCUT2D eigenvalue weighted by molar-refractivity contribution is 6.30. The first-order valence-corrected chi connectivity index (χ1v) is 7.21. The smallest absolute Gasteiger partial charge is 0.244 e. The highest BCUT2D eigenvalue weighted by Gasteiger charge is 2.08. The second-order valence-corrected chi connectivity index (χ2v) is 5.59. The average molecular weight is 317 g/mol. The largest absolute Gasteiger partial charge is 0.338 e. The number of amides is 1. The molecular weight excluding hydrogens is 303 g/mol. The van der Waals surface area contributed by atoms with E-state index in [9.17, 15) is 9.18 Å². The quantitative estimate of drug-likeness (QED) is 0.764. The van der Waals surface area contributed by atoms with Crippen molar-refractivity contribution >= 4 is 34.1 Å². The normalized spacial score (nSPS) is 10.9. The van der Waals surface area contributed by atoms with Crippen LogP contribution in [0.25, 0.3) is 10.9 Å². The number of halogens is 2. The van der Waals surface area contributed by atoms with Crippen LogP contribution in [0.3, 0.4) is 0 Å². The van der Waals surface area contributed by atoms with Crippen molar-refractivity contribution in [2.24, 2.45) is 0 Å². The van der Waals surface area contributed by atoms with E-state index in [0.29, 0.717) is 5.02 Å². The van der Waals surface area contributed by atoms with Crippen LogP contribution in [0.1, 0.15) is 5.56 Å². The topological polar surface area (TPSA) is 34.0 Å². The minimum atomic E-state index is -0.286. The molecule has 3 nitrogen and oxygen atoms in total. The Morgan fingerprint density at radius 1 is 1.23 bits per heavy atom. The van der Waals surface area contributed by atoms with E-state index in [1.165, 1.54) is 12.1 Å². The molecule has 0 spiro atoms. The Labute approximate surface area is 132 Å². The lowest BCUT2D eigenvalue weighted by Crippen LogP contribution is -2.18. The number of carbonyl (C=O) groups is 1. The molecule has 3 rings (SSSR count). The predicted molar refractivity (Wildman–Crippen MR) is 86.7 cm³/mol. The number of aromatic nitrogens is 1. The molecule has 1 amide bonds. The van der Waals surface area contributed by atoms with E-state index < -0.39 is 0 Å². The van der Waals surface area contributed by atoms with Crippen LogP contribution in [0.2, 0.25) is 5.02 Å². The van der Waals surface area contributed by atoms with Crippen molar-refractivity contribution in [1.82, 2.24) is 4.57 Å². The molecule has 112 valence electrons. The highest BCUT2D eigenvalue weighted by atomic mass is 35.5. The van der Waals surface area contributed by atoms with Crippen LogP contribution in [0.15, 0.2) is 48.7 Å². The van der Waals surface area contributed by atoms with E-state index in [2.05, 4.69) is 5.32 Å². The number of nitrogens with one attached hydrogen (secondary N) is 1. The number of hydrogen-bond donors (Lipinski definition) is 1. The summed E-state index contributed by atoms with van der Waals surface area (Å²) in [4.78, 5) is 12.2. The fourth-order valence-electron chi connectivity index (χ4n) is 2.42. The average Bonchev–Trinajstić information content (AvgIpc) is 2.84. The van der Waals surface area contributed by atoms with Gasteiger partial charge in [0.25, 0.3) is 0 Å². The lowest BCUT2D eigenvalue weighted by Gasteiger charge is -2.10. The van der Waals surface area contributed by atoms with Gasteiger partial charge in [-0.05, 0) is 55.0 Å². The zero-order chi connectivity index (χ0) is 15.7. The maximum atomic E-state index is 13.2. The van der Waals surface area contributed by atoms with Gasteiger partial charge in [-0.15, -0.1) is 0 Å². The van der Waals surface area contributed by atoms with E-state index in [0.717, 1.165) is 22.2 Å². The van der Waals surface area contributed by atoms with Crippen LogP contribution < -0.4 is 5.32 Å². The second kappa shape index (κ2) is 5.81. The van der Waals surface area contributed by atoms with Gasteiger partial charge in [0.1, 0.15) is 12.4 Å². The summed E-state index contributed by atoms with van der Waals surface area (Å²) < 4.78 is 15.0. The fraction of sp³-hybridized carbons (Fsp3) is 0.118. The molecule has 22 heavy (non-hydrogen) atoms. The lowest BCUT2D eigenvalue weighted by atomic mass is 10.2. The number of hydrogen-bond acceptors (Lipinski definition) is 1. The number of aryl methyl sites for hydroxylation is 1. The molecule has 0 radical (unpaired) electrons. The molecule has 1 heterocycles. The molecule has 0 aliphatic heterocycles. The molecular formula is C17H14ClFN2O. The Morgan fingerprint density at radius 2 is 2.05 bits per heavy atom. The Kier molecular flexibility index (Phi) is 3.86. The van der Waals surface area contributed by atoms with Crippen LogP contribution in [0.5, 0.6) is 0 Å². The van der Waals surface area contributed by atoms with Gasteiger partial charge in [-0.3, -0.25) is 4.79 Å². The third kappa shape index (κ3) is 2.97. The minimum absolute atomic E-state index is 0.146. The van der Waals surface area contributed by atoms with Crippen molar-refractivity contribution in [3.8, 4) is 0 Å². The summed E-state index contributed by atoms with van der Waals surface area (Å²) in [5, 5.41) is 4.27. The Balaban J connectivity index is 1.78. The molecule has 1 aromatic heterocycles. The van der Waals surface area contributed by atoms with Gasteiger partial charge in [0, 0.05) is 27.8 Å². The number of carbonyl (C=O) groups excluding carboxylic acids is 1. The van der Waals surface area contributed by atoms with Crippen molar-refractivity contribution in [3.63, 3.8) is 0 Å². The van der Waals surface area contributed by atoms with E-state index in [4.69, 9.17) is 11.6 Å². The molecule has 0 saturated heterocycles. The summed E-state index contributed by atoms with van der Waals surface area (Å²) >= 11 is 5.90. The van der Waals surface area contributed by atoms with Crippen molar-refractivity contribution in [1.29, 1.82) is 0 Å². The molecule has 0 unspecified atom stereocenters. The van der Waals surface area contributed by atoms with Crippen LogP contribution in [0, 0.1) is 12.7 Å². The monoisotopic (exact) mass is 316 g/mol. The number of fused-ring (bicyclic) bond motifs is 1.